The van der Waals surface area contributed by atoms with Gasteiger partial charge in [0.25, 0.3) is 0 Å². The van der Waals surface area contributed by atoms with Crippen molar-refractivity contribution < 1.29 is 45.4 Å². The number of aromatic nitrogens is 4. The monoisotopic (exact) mass is 1070 g/mol. The minimum atomic E-state index is -4.98. The lowest BCUT2D eigenvalue weighted by molar-refractivity contribution is -0.141. The van der Waals surface area contributed by atoms with Gasteiger partial charge in [-0.05, 0) is 93.0 Å². The number of fused-ring (bicyclic) bond motifs is 2. The van der Waals surface area contributed by atoms with E-state index < -0.39 is 64.2 Å². The summed E-state index contributed by atoms with van der Waals surface area (Å²) in [5.41, 5.74) is -0.116. The summed E-state index contributed by atoms with van der Waals surface area (Å²) < 4.78 is 106. The van der Waals surface area contributed by atoms with Crippen LogP contribution in [0.1, 0.15) is 90.0 Å². The summed E-state index contributed by atoms with van der Waals surface area (Å²) >= 11 is 2.36. The Hall–Kier alpha value is -7.11. The fourth-order valence-corrected chi connectivity index (χ4v) is 12.0. The number of amides is 2. The third kappa shape index (κ3) is 11.2. The zero-order chi connectivity index (χ0) is 54.3. The highest BCUT2D eigenvalue weighted by molar-refractivity contribution is 7.13. The molecule has 4 aromatic heterocycles. The number of carbonyl (C=O) groups excluding carboxylic acids is 2. The molecule has 6 heterocycles. The third-order valence-corrected chi connectivity index (χ3v) is 15.5. The maximum Gasteiger partial charge on any atom is 0.435 e. The molecule has 392 valence electrons. The summed E-state index contributed by atoms with van der Waals surface area (Å²) in [5.74, 6) is -4.50. The van der Waals surface area contributed by atoms with Crippen molar-refractivity contribution in [2.75, 3.05) is 47.3 Å². The first kappa shape index (κ1) is 54.2. The highest BCUT2D eigenvalue weighted by Gasteiger charge is 2.42. The molecule has 22 heteroatoms. The first-order chi connectivity index (χ1) is 35.5. The Kier molecular flexibility index (Phi) is 15.6. The second-order valence-electron chi connectivity index (χ2n) is 18.7. The molecule has 8 rings (SSSR count). The normalized spacial score (nSPS) is 16.1. The molecule has 0 aliphatic carbocycles. The van der Waals surface area contributed by atoms with Gasteiger partial charge in [0.1, 0.15) is 21.9 Å². The van der Waals surface area contributed by atoms with Gasteiger partial charge in [-0.15, -0.1) is 22.7 Å². The highest BCUT2D eigenvalue weighted by Crippen LogP contribution is 2.49. The first-order valence-electron chi connectivity index (χ1n) is 23.8. The van der Waals surface area contributed by atoms with Crippen molar-refractivity contribution in [2.45, 2.75) is 77.7 Å². The second kappa shape index (κ2) is 21.6. The number of benzene rings is 2. The van der Waals surface area contributed by atoms with Gasteiger partial charge in [0.15, 0.2) is 23.0 Å². The molecule has 0 radical (unpaired) electrons. The lowest BCUT2D eigenvalue weighted by Gasteiger charge is -2.34. The molecule has 2 aliphatic rings. The Morgan fingerprint density at radius 3 is 1.97 bits per heavy atom. The van der Waals surface area contributed by atoms with Crippen molar-refractivity contribution >= 4 is 34.5 Å². The van der Waals surface area contributed by atoms with Crippen LogP contribution >= 0.6 is 22.7 Å². The predicted molar refractivity (Wildman–Crippen MR) is 269 cm³/mol. The van der Waals surface area contributed by atoms with E-state index in [9.17, 15) is 51.6 Å². The second-order valence-corrected chi connectivity index (χ2v) is 20.9. The zero-order valence-corrected chi connectivity index (χ0v) is 43.3. The van der Waals surface area contributed by atoms with Gasteiger partial charge in [-0.3, -0.25) is 23.9 Å². The van der Waals surface area contributed by atoms with Crippen LogP contribution in [0.25, 0.3) is 22.3 Å². The molecule has 0 fully saturated rings. The lowest BCUT2D eigenvalue weighted by atomic mass is 9.81. The number of thiophene rings is 2. The lowest BCUT2D eigenvalue weighted by Crippen LogP contribution is -2.37. The molecule has 1 N–H and O–H groups in total. The van der Waals surface area contributed by atoms with Crippen LogP contribution in [-0.4, -0.2) is 103 Å². The van der Waals surface area contributed by atoms with Crippen molar-refractivity contribution in [1.29, 1.82) is 10.5 Å². The molecule has 0 saturated heterocycles. The van der Waals surface area contributed by atoms with Gasteiger partial charge in [-0.1, -0.05) is 36.4 Å². The number of phenolic OH excluding ortho intramolecular Hbond substituents is 1. The molecule has 2 amide bonds. The van der Waals surface area contributed by atoms with Crippen LogP contribution in [0.4, 0.5) is 30.7 Å². The largest absolute Gasteiger partial charge is 0.505 e. The summed E-state index contributed by atoms with van der Waals surface area (Å²) in [6.07, 6.45) is -1.18. The molecule has 13 nitrogen and oxygen atoms in total. The van der Waals surface area contributed by atoms with E-state index in [0.29, 0.717) is 38.6 Å². The molecule has 2 atom stereocenters. The molecule has 0 saturated carbocycles. The standard InChI is InChI=1S/C53H51F7N10O3S2/c1-7-69-26-39(50(63-69)52(55,56)57)33-14-13-31(19-35(33)38-25-68(45(72)11-9-17-65(4)5)29-44-47(38)30(3)42(22-62)75-44)23-66(6)18-10-12-46(73)67-24-37(36-20-32(21-61)74-43(36)28-67)34-15-16-41(71)49(54)48(34)40-27-70(8-2)64-51(40)53(58,59)60/h9-16,19-20,26-27,37-38,71H,7-8,17-18,23-25,28-29H2,1-6H3/b11-9+,12-10+/t37-,38-/m0/s1. The van der Waals surface area contributed by atoms with Crippen LogP contribution in [0.2, 0.25) is 0 Å². The minimum Gasteiger partial charge on any atom is -0.505 e. The maximum absolute atomic E-state index is 16.1. The van der Waals surface area contributed by atoms with Crippen molar-refractivity contribution in [2.24, 2.45) is 0 Å². The smallest absolute Gasteiger partial charge is 0.435 e. The number of hydrogen-bond acceptors (Lipinski definition) is 11. The number of aryl methyl sites for hydroxylation is 2. The number of rotatable bonds is 14. The number of likely N-dealkylation sites (N-methyl/N-ethyl adjacent to an activating group) is 2. The van der Waals surface area contributed by atoms with Crippen LogP contribution in [0.5, 0.6) is 5.75 Å². The van der Waals surface area contributed by atoms with Gasteiger partial charge in [0, 0.05) is 109 Å². The van der Waals surface area contributed by atoms with E-state index in [4.69, 9.17) is 0 Å². The molecule has 0 unspecified atom stereocenters. The SMILES string of the molecule is CCn1cc(-c2ccc(CN(C)C/C=C/C(=O)N3Cc4sc(C#N)cc4[C@H](c4ccc(O)c(F)c4-c4cn(CC)nc4C(F)(F)F)C3)cc2[C@@H]2CN(C(=O)/C=C/CN(C)C)Cc3sc(C#N)c(C)c32)c(C(F)(F)F)n1. The molecule has 2 aromatic carbocycles. The third-order valence-electron chi connectivity index (χ3n) is 13.3. The predicted octanol–water partition coefficient (Wildman–Crippen LogP) is 10.3. The minimum absolute atomic E-state index is 0.0392. The summed E-state index contributed by atoms with van der Waals surface area (Å²) in [4.78, 5) is 36.7. The van der Waals surface area contributed by atoms with E-state index in [1.54, 1.807) is 56.1 Å². The van der Waals surface area contributed by atoms with E-state index >= 15 is 4.39 Å². The Morgan fingerprint density at radius 2 is 1.37 bits per heavy atom. The number of phenols is 1. The maximum atomic E-state index is 16.1. The molecule has 2 aliphatic heterocycles. The fraction of sp³-hybridized carbons (Fsp3) is 0.358. The van der Waals surface area contributed by atoms with E-state index in [2.05, 4.69) is 22.3 Å². The molecular weight excluding hydrogens is 1020 g/mol. The van der Waals surface area contributed by atoms with E-state index in [-0.39, 0.29) is 79.8 Å². The molecular formula is C53H51F7N10O3S2. The Morgan fingerprint density at radius 1 is 0.773 bits per heavy atom. The fourth-order valence-electron chi connectivity index (χ4n) is 9.78. The van der Waals surface area contributed by atoms with Crippen molar-refractivity contribution in [1.82, 2.24) is 39.2 Å². The Bertz CT molecular complexity index is 3310. The average Bonchev–Trinajstić information content (AvgIpc) is 4.18. The van der Waals surface area contributed by atoms with Crippen LogP contribution < -0.4 is 0 Å². The summed E-state index contributed by atoms with van der Waals surface area (Å²) in [5, 5.41) is 38.0. The van der Waals surface area contributed by atoms with Crippen molar-refractivity contribution in [3.63, 3.8) is 0 Å². The van der Waals surface area contributed by atoms with Gasteiger partial charge in [-0.2, -0.15) is 47.1 Å². The van der Waals surface area contributed by atoms with E-state index in [1.165, 1.54) is 45.3 Å². The van der Waals surface area contributed by atoms with E-state index in [1.807, 2.05) is 36.9 Å². The number of alkyl halides is 6. The number of carbonyl (C=O) groups is 2. The number of nitrogens with zero attached hydrogens (tertiary/aromatic N) is 10. The van der Waals surface area contributed by atoms with Crippen LogP contribution in [0.3, 0.4) is 0 Å². The Balaban J connectivity index is 1.10. The Labute approximate surface area is 436 Å². The van der Waals surface area contributed by atoms with Gasteiger partial charge >= 0.3 is 12.4 Å². The van der Waals surface area contributed by atoms with Gasteiger partial charge in [0.2, 0.25) is 11.8 Å². The number of aromatic hydroxyl groups is 1. The van der Waals surface area contributed by atoms with Crippen molar-refractivity contribution in [3.8, 4) is 40.1 Å². The summed E-state index contributed by atoms with van der Waals surface area (Å²) in [6.45, 7) is 6.50. The van der Waals surface area contributed by atoms with Gasteiger partial charge in [0.05, 0.1) is 13.1 Å². The quantitative estimate of drug-likeness (QED) is 0.0831. The van der Waals surface area contributed by atoms with Gasteiger partial charge < -0.3 is 19.8 Å². The van der Waals surface area contributed by atoms with Crippen LogP contribution in [0, 0.1) is 35.4 Å². The highest BCUT2D eigenvalue weighted by atomic mass is 32.1. The van der Waals surface area contributed by atoms with Crippen LogP contribution in [0.15, 0.2) is 73.1 Å². The topological polar surface area (TPSA) is 151 Å². The zero-order valence-electron chi connectivity index (χ0n) is 41.6. The molecule has 75 heavy (non-hydrogen) atoms. The molecule has 6 aromatic rings. The number of nitriles is 2. The summed E-state index contributed by atoms with van der Waals surface area (Å²) in [6, 6.07) is 13.4. The van der Waals surface area contributed by atoms with Crippen LogP contribution in [-0.2, 0) is 54.7 Å². The first-order valence-corrected chi connectivity index (χ1v) is 25.4. The summed E-state index contributed by atoms with van der Waals surface area (Å²) in [7, 11) is 5.51. The molecule has 0 spiro atoms. The average molecular weight is 1070 g/mol. The van der Waals surface area contributed by atoms with Gasteiger partial charge in [-0.25, -0.2) is 4.39 Å². The van der Waals surface area contributed by atoms with Crippen molar-refractivity contribution in [3.05, 3.63) is 143 Å². The van der Waals surface area contributed by atoms with E-state index in [0.717, 1.165) is 38.7 Å². The molecule has 0 bridgehead atoms. The number of halogens is 7. The number of hydrogen-bond donors (Lipinski definition) is 1.